The van der Waals surface area contributed by atoms with Crippen LogP contribution in [0.4, 0.5) is 5.13 Å². The van der Waals surface area contributed by atoms with Crippen LogP contribution in [0.25, 0.3) is 33.1 Å². The van der Waals surface area contributed by atoms with Crippen molar-refractivity contribution in [1.82, 2.24) is 24.7 Å². The molecule has 0 bridgehead atoms. The summed E-state index contributed by atoms with van der Waals surface area (Å²) in [6.07, 6.45) is 4.11. The third-order valence-electron chi connectivity index (χ3n) is 6.63. The molecule has 0 aliphatic carbocycles. The number of benzene rings is 1. The van der Waals surface area contributed by atoms with Gasteiger partial charge in [0.25, 0.3) is 0 Å². The van der Waals surface area contributed by atoms with E-state index in [9.17, 15) is 0 Å². The molecule has 9 heteroatoms. The standard InChI is InChI=1S/C25H27ClN6OS/c1-25(2)15-17(11-14-33-25)32-23(20-21(26)28-24(34-20)31-12-5-6-13-31)29-22(30-32)19-10-9-16-7-3-4-8-18(16)27-19/h3-4,7-10,17H,5-6,11-15H2,1-2H3. The van der Waals surface area contributed by atoms with Gasteiger partial charge in [-0.2, -0.15) is 0 Å². The number of fused-ring (bicyclic) bond motifs is 1. The molecular formula is C25H27ClN6OS. The van der Waals surface area contributed by atoms with Crippen molar-refractivity contribution in [1.29, 1.82) is 0 Å². The van der Waals surface area contributed by atoms with Crippen LogP contribution in [-0.2, 0) is 4.74 Å². The summed E-state index contributed by atoms with van der Waals surface area (Å²) in [5.41, 5.74) is 1.47. The minimum atomic E-state index is -0.217. The van der Waals surface area contributed by atoms with Gasteiger partial charge in [0, 0.05) is 25.1 Å². The van der Waals surface area contributed by atoms with Gasteiger partial charge in [-0.05, 0) is 51.7 Å². The molecule has 0 N–H and O–H groups in total. The monoisotopic (exact) mass is 494 g/mol. The van der Waals surface area contributed by atoms with Crippen LogP contribution in [0.15, 0.2) is 36.4 Å². The van der Waals surface area contributed by atoms with Gasteiger partial charge >= 0.3 is 0 Å². The first-order chi connectivity index (χ1) is 16.5. The van der Waals surface area contributed by atoms with Crippen molar-refractivity contribution in [2.75, 3.05) is 24.6 Å². The number of hydrogen-bond acceptors (Lipinski definition) is 7. The first kappa shape index (κ1) is 21.9. The van der Waals surface area contributed by atoms with Gasteiger partial charge in [-0.3, -0.25) is 0 Å². The van der Waals surface area contributed by atoms with E-state index in [1.807, 2.05) is 28.9 Å². The van der Waals surface area contributed by atoms with E-state index < -0.39 is 0 Å². The average molecular weight is 495 g/mol. The van der Waals surface area contributed by atoms with E-state index in [-0.39, 0.29) is 11.6 Å². The van der Waals surface area contributed by atoms with E-state index in [0.717, 1.165) is 58.4 Å². The van der Waals surface area contributed by atoms with Crippen LogP contribution in [-0.4, -0.2) is 50.0 Å². The molecule has 3 aromatic heterocycles. The Balaban J connectivity index is 1.46. The summed E-state index contributed by atoms with van der Waals surface area (Å²) in [6, 6.07) is 12.3. The lowest BCUT2D eigenvalue weighted by Crippen LogP contribution is -2.35. The molecular weight excluding hydrogens is 468 g/mol. The van der Waals surface area contributed by atoms with Gasteiger partial charge in [0.2, 0.25) is 0 Å². The molecule has 2 aliphatic heterocycles. The summed E-state index contributed by atoms with van der Waals surface area (Å²) in [7, 11) is 0. The van der Waals surface area contributed by atoms with E-state index in [1.165, 1.54) is 12.8 Å². The van der Waals surface area contributed by atoms with E-state index in [2.05, 4.69) is 30.9 Å². The fourth-order valence-corrected chi connectivity index (χ4v) is 6.23. The second-order valence-electron chi connectivity index (χ2n) is 9.66. The smallest absolute Gasteiger partial charge is 0.200 e. The Hall–Kier alpha value is -2.55. The van der Waals surface area contributed by atoms with Crippen molar-refractivity contribution in [3.63, 3.8) is 0 Å². The van der Waals surface area contributed by atoms with Crippen molar-refractivity contribution in [2.45, 2.75) is 51.2 Å². The largest absolute Gasteiger partial charge is 0.375 e. The summed E-state index contributed by atoms with van der Waals surface area (Å²) in [5.74, 6) is 1.37. The highest BCUT2D eigenvalue weighted by atomic mass is 35.5. The number of ether oxygens (including phenoxy) is 1. The molecule has 2 fully saturated rings. The van der Waals surface area contributed by atoms with E-state index in [4.69, 9.17) is 36.4 Å². The van der Waals surface area contributed by atoms with Crippen molar-refractivity contribution in [3.8, 4) is 22.2 Å². The molecule has 0 saturated carbocycles. The predicted octanol–water partition coefficient (Wildman–Crippen LogP) is 6.00. The first-order valence-corrected chi connectivity index (χ1v) is 13.0. The molecule has 34 heavy (non-hydrogen) atoms. The molecule has 5 heterocycles. The van der Waals surface area contributed by atoms with Crippen LogP contribution in [0, 0.1) is 0 Å². The molecule has 1 aromatic carbocycles. The Kier molecular flexibility index (Phi) is 5.54. The molecule has 7 nitrogen and oxygen atoms in total. The molecule has 6 rings (SSSR count). The molecule has 2 saturated heterocycles. The molecule has 0 spiro atoms. The third kappa shape index (κ3) is 4.08. The Morgan fingerprint density at radius 3 is 2.71 bits per heavy atom. The molecule has 0 radical (unpaired) electrons. The van der Waals surface area contributed by atoms with Crippen LogP contribution in [0.3, 0.4) is 0 Å². The quantitative estimate of drug-likeness (QED) is 0.346. The lowest BCUT2D eigenvalue weighted by Gasteiger charge is -2.35. The number of thiazole rings is 1. The van der Waals surface area contributed by atoms with Crippen molar-refractivity contribution >= 4 is 39.0 Å². The van der Waals surface area contributed by atoms with Gasteiger partial charge in [0.1, 0.15) is 10.6 Å². The highest BCUT2D eigenvalue weighted by Crippen LogP contribution is 2.41. The lowest BCUT2D eigenvalue weighted by molar-refractivity contribution is -0.0705. The van der Waals surface area contributed by atoms with Crippen LogP contribution in [0.1, 0.15) is 45.6 Å². The minimum absolute atomic E-state index is 0.161. The zero-order valence-electron chi connectivity index (χ0n) is 19.4. The SMILES string of the molecule is CC1(C)CC(n2nc(-c3ccc4ccccc4n3)nc2-c2sc(N3CCCC3)nc2Cl)CCO1. The van der Waals surface area contributed by atoms with Crippen LogP contribution < -0.4 is 4.90 Å². The van der Waals surface area contributed by atoms with E-state index in [0.29, 0.717) is 17.6 Å². The molecule has 1 unspecified atom stereocenters. The Labute approximate surface area is 207 Å². The third-order valence-corrected chi connectivity index (χ3v) is 8.13. The van der Waals surface area contributed by atoms with Gasteiger partial charge in [-0.1, -0.05) is 47.2 Å². The predicted molar refractivity (Wildman–Crippen MR) is 137 cm³/mol. The lowest BCUT2D eigenvalue weighted by atomic mass is 9.94. The molecule has 1 atom stereocenters. The molecule has 176 valence electrons. The van der Waals surface area contributed by atoms with Gasteiger partial charge < -0.3 is 9.64 Å². The summed E-state index contributed by atoms with van der Waals surface area (Å²) in [4.78, 5) is 17.7. The van der Waals surface area contributed by atoms with Crippen LogP contribution in [0.2, 0.25) is 5.15 Å². The number of aromatic nitrogens is 5. The highest BCUT2D eigenvalue weighted by Gasteiger charge is 2.34. The first-order valence-electron chi connectivity index (χ1n) is 11.9. The molecule has 0 amide bonds. The summed E-state index contributed by atoms with van der Waals surface area (Å²) in [5, 5.41) is 7.54. The molecule has 4 aromatic rings. The average Bonchev–Trinajstić information content (AvgIpc) is 3.57. The number of nitrogens with zero attached hydrogens (tertiary/aromatic N) is 6. The Bertz CT molecular complexity index is 1340. The Morgan fingerprint density at radius 2 is 1.88 bits per heavy atom. The number of anilines is 1. The normalized spacial score (nSPS) is 20.3. The maximum absolute atomic E-state index is 6.71. The fraction of sp³-hybridized carbons (Fsp3) is 0.440. The van der Waals surface area contributed by atoms with Crippen LogP contribution >= 0.6 is 22.9 Å². The van der Waals surface area contributed by atoms with Gasteiger partial charge in [-0.25, -0.2) is 19.6 Å². The minimum Gasteiger partial charge on any atom is -0.375 e. The fourth-order valence-electron chi connectivity index (χ4n) is 4.91. The van der Waals surface area contributed by atoms with E-state index >= 15 is 0 Å². The number of rotatable bonds is 4. The van der Waals surface area contributed by atoms with Crippen molar-refractivity contribution in [2.24, 2.45) is 0 Å². The van der Waals surface area contributed by atoms with Gasteiger partial charge in [0.15, 0.2) is 21.9 Å². The van der Waals surface area contributed by atoms with E-state index in [1.54, 1.807) is 11.3 Å². The second kappa shape index (κ2) is 8.59. The summed E-state index contributed by atoms with van der Waals surface area (Å²) < 4.78 is 8.03. The highest BCUT2D eigenvalue weighted by molar-refractivity contribution is 7.19. The molecule has 2 aliphatic rings. The van der Waals surface area contributed by atoms with Gasteiger partial charge in [-0.15, -0.1) is 5.10 Å². The number of halogens is 1. The zero-order chi connectivity index (χ0) is 23.3. The maximum Gasteiger partial charge on any atom is 0.200 e. The van der Waals surface area contributed by atoms with Crippen LogP contribution in [0.5, 0.6) is 0 Å². The summed E-state index contributed by atoms with van der Waals surface area (Å²) in [6.45, 7) is 7.00. The van der Waals surface area contributed by atoms with Crippen molar-refractivity contribution < 1.29 is 4.74 Å². The topological polar surface area (TPSA) is 69.0 Å². The van der Waals surface area contributed by atoms with Gasteiger partial charge in [0.05, 0.1) is 17.2 Å². The maximum atomic E-state index is 6.71. The summed E-state index contributed by atoms with van der Waals surface area (Å²) >= 11 is 8.32. The second-order valence-corrected chi connectivity index (χ2v) is 11.0. The zero-order valence-corrected chi connectivity index (χ0v) is 20.9. The number of hydrogen-bond donors (Lipinski definition) is 0. The number of pyridine rings is 1. The van der Waals surface area contributed by atoms with Crippen molar-refractivity contribution in [3.05, 3.63) is 41.6 Å². The number of para-hydroxylation sites is 1. The Morgan fingerprint density at radius 1 is 1.06 bits per heavy atom.